The van der Waals surface area contributed by atoms with Crippen LogP contribution < -0.4 is 12.4 Å². The molecule has 0 fully saturated rings. The first-order valence-corrected chi connectivity index (χ1v) is 8.53. The standard InChI is InChI=1S/C19H14BrS.ClH.Mg/c20-17-10-6-7-15(13-17)14-21-19-12-5-4-11-18(19)16-8-2-1-3-9-16;;/h1-2,4-13H,14H2;1H;/q-1;;+2/p-1. The number of benzene rings is 3. The van der Waals surface area contributed by atoms with Crippen molar-refractivity contribution < 1.29 is 12.4 Å². The average molecular weight is 414 g/mol. The second kappa shape index (κ2) is 10.4. The van der Waals surface area contributed by atoms with Gasteiger partial charge in [-0.2, -0.15) is 30.3 Å². The van der Waals surface area contributed by atoms with E-state index in [-0.39, 0.29) is 35.5 Å². The Bertz CT molecular complexity index is 734. The molecule has 23 heavy (non-hydrogen) atoms. The minimum absolute atomic E-state index is 0. The fraction of sp³-hybridized carbons (Fsp3) is 0.0526. The fourth-order valence-electron chi connectivity index (χ4n) is 2.18. The Morgan fingerprint density at radius 1 is 0.957 bits per heavy atom. The van der Waals surface area contributed by atoms with E-state index in [9.17, 15) is 0 Å². The monoisotopic (exact) mass is 412 g/mol. The van der Waals surface area contributed by atoms with E-state index in [4.69, 9.17) is 0 Å². The molecule has 0 heterocycles. The normalized spacial score (nSPS) is 9.61. The summed E-state index contributed by atoms with van der Waals surface area (Å²) in [4.78, 5) is 1.30. The van der Waals surface area contributed by atoms with Crippen molar-refractivity contribution in [3.05, 3.63) is 88.9 Å². The molecule has 0 saturated heterocycles. The van der Waals surface area contributed by atoms with Gasteiger partial charge in [-0.25, -0.2) is 0 Å². The maximum Gasteiger partial charge on any atom is 2.00 e. The van der Waals surface area contributed by atoms with Gasteiger partial charge < -0.3 is 12.4 Å². The van der Waals surface area contributed by atoms with Gasteiger partial charge in [-0.1, -0.05) is 51.8 Å². The van der Waals surface area contributed by atoms with Crippen molar-refractivity contribution >= 4 is 50.7 Å². The molecule has 0 aromatic heterocycles. The van der Waals surface area contributed by atoms with Gasteiger partial charge >= 0.3 is 23.1 Å². The minimum atomic E-state index is 0. The van der Waals surface area contributed by atoms with Gasteiger partial charge in [0.05, 0.1) is 0 Å². The Kier molecular flexibility index (Phi) is 9.33. The summed E-state index contributed by atoms with van der Waals surface area (Å²) in [6, 6.07) is 28.3. The molecule has 4 heteroatoms. The topological polar surface area (TPSA) is 0 Å². The van der Waals surface area contributed by atoms with E-state index >= 15 is 0 Å². The number of halogens is 2. The summed E-state index contributed by atoms with van der Waals surface area (Å²) in [5.41, 5.74) is 3.81. The SMILES string of the molecule is Brc1cccc(CSc2ccccc2-c2c[c-]ccc2)c1.[Cl-].[Mg+2]. The summed E-state index contributed by atoms with van der Waals surface area (Å²) in [7, 11) is 0. The van der Waals surface area contributed by atoms with Crippen molar-refractivity contribution in [2.45, 2.75) is 10.6 Å². The van der Waals surface area contributed by atoms with E-state index < -0.39 is 0 Å². The van der Waals surface area contributed by atoms with E-state index in [0.29, 0.717) is 0 Å². The van der Waals surface area contributed by atoms with Gasteiger partial charge in [0.25, 0.3) is 0 Å². The molecule has 3 aromatic carbocycles. The van der Waals surface area contributed by atoms with Gasteiger partial charge in [-0.15, -0.1) is 17.3 Å². The maximum absolute atomic E-state index is 3.53. The summed E-state index contributed by atoms with van der Waals surface area (Å²) in [5.74, 6) is 0.965. The zero-order chi connectivity index (χ0) is 14.5. The third-order valence-electron chi connectivity index (χ3n) is 3.19. The van der Waals surface area contributed by atoms with Crippen molar-refractivity contribution in [2.24, 2.45) is 0 Å². The van der Waals surface area contributed by atoms with Crippen LogP contribution in [0.15, 0.2) is 82.2 Å². The van der Waals surface area contributed by atoms with Gasteiger partial charge in [0.2, 0.25) is 0 Å². The minimum Gasteiger partial charge on any atom is -1.00 e. The molecule has 0 bridgehead atoms. The van der Waals surface area contributed by atoms with Gasteiger partial charge in [-0.05, 0) is 23.8 Å². The summed E-state index contributed by atoms with van der Waals surface area (Å²) in [6.07, 6.45) is 0. The number of thioether (sulfide) groups is 1. The molecular weight excluding hydrogens is 400 g/mol. The molecule has 0 spiro atoms. The molecule has 0 aliphatic rings. The summed E-state index contributed by atoms with van der Waals surface area (Å²) in [5, 5.41) is 0. The van der Waals surface area contributed by atoms with Crippen LogP contribution in [-0.4, -0.2) is 23.1 Å². The predicted molar refractivity (Wildman–Crippen MR) is 100 cm³/mol. The molecular formula is C19H14BrClMgS. The zero-order valence-electron chi connectivity index (χ0n) is 12.5. The van der Waals surface area contributed by atoms with Crippen molar-refractivity contribution in [3.8, 4) is 11.1 Å². The van der Waals surface area contributed by atoms with E-state index in [1.165, 1.54) is 21.6 Å². The van der Waals surface area contributed by atoms with Gasteiger partial charge in [0.15, 0.2) is 0 Å². The first-order valence-electron chi connectivity index (χ1n) is 6.76. The van der Waals surface area contributed by atoms with Crippen LogP contribution in [0.5, 0.6) is 0 Å². The fourth-order valence-corrected chi connectivity index (χ4v) is 3.64. The van der Waals surface area contributed by atoms with Gasteiger partial charge in [-0.3, -0.25) is 0 Å². The van der Waals surface area contributed by atoms with E-state index in [2.05, 4.69) is 76.6 Å². The van der Waals surface area contributed by atoms with Crippen LogP contribution in [0, 0.1) is 6.07 Å². The number of rotatable bonds is 4. The Hall–Kier alpha value is -0.454. The van der Waals surface area contributed by atoms with E-state index in [0.717, 1.165) is 10.2 Å². The third kappa shape index (κ3) is 5.84. The smallest absolute Gasteiger partial charge is 1.00 e. The number of hydrogen-bond acceptors (Lipinski definition) is 1. The summed E-state index contributed by atoms with van der Waals surface area (Å²) < 4.78 is 1.13. The molecule has 3 rings (SSSR count). The zero-order valence-corrected chi connectivity index (χ0v) is 17.1. The van der Waals surface area contributed by atoms with Crippen LogP contribution in [0.25, 0.3) is 11.1 Å². The van der Waals surface area contributed by atoms with Crippen LogP contribution in [0.1, 0.15) is 5.56 Å². The van der Waals surface area contributed by atoms with Crippen LogP contribution in [-0.2, 0) is 5.75 Å². The van der Waals surface area contributed by atoms with E-state index in [1.807, 2.05) is 30.0 Å². The molecule has 0 atom stereocenters. The van der Waals surface area contributed by atoms with Crippen LogP contribution >= 0.6 is 27.7 Å². The van der Waals surface area contributed by atoms with Crippen LogP contribution in [0.2, 0.25) is 0 Å². The molecule has 3 aromatic rings. The van der Waals surface area contributed by atoms with Crippen LogP contribution in [0.4, 0.5) is 0 Å². The molecule has 0 aliphatic heterocycles. The Balaban J connectivity index is 0.00000132. The van der Waals surface area contributed by atoms with Crippen molar-refractivity contribution in [1.82, 2.24) is 0 Å². The van der Waals surface area contributed by atoms with Crippen molar-refractivity contribution in [1.29, 1.82) is 0 Å². The van der Waals surface area contributed by atoms with Crippen molar-refractivity contribution in [3.63, 3.8) is 0 Å². The second-order valence-corrected chi connectivity index (χ2v) is 6.64. The molecule has 0 amide bonds. The largest absolute Gasteiger partial charge is 2.00 e. The Morgan fingerprint density at radius 3 is 2.52 bits per heavy atom. The summed E-state index contributed by atoms with van der Waals surface area (Å²) in [6.45, 7) is 0. The Morgan fingerprint density at radius 2 is 1.78 bits per heavy atom. The summed E-state index contributed by atoms with van der Waals surface area (Å²) >= 11 is 5.40. The molecule has 0 unspecified atom stereocenters. The van der Waals surface area contributed by atoms with Gasteiger partial charge in [0, 0.05) is 15.1 Å². The van der Waals surface area contributed by atoms with Gasteiger partial charge in [0.1, 0.15) is 0 Å². The molecule has 0 nitrogen and oxygen atoms in total. The average Bonchev–Trinajstić information content (AvgIpc) is 2.54. The molecule has 0 N–H and O–H groups in total. The Labute approximate surface area is 172 Å². The molecule has 0 radical (unpaired) electrons. The second-order valence-electron chi connectivity index (χ2n) is 4.71. The first kappa shape index (κ1) is 20.6. The molecule has 0 aliphatic carbocycles. The molecule has 112 valence electrons. The number of hydrogen-bond donors (Lipinski definition) is 0. The molecule has 0 saturated carbocycles. The third-order valence-corrected chi connectivity index (χ3v) is 4.83. The van der Waals surface area contributed by atoms with E-state index in [1.54, 1.807) is 0 Å². The van der Waals surface area contributed by atoms with Crippen molar-refractivity contribution in [2.75, 3.05) is 0 Å². The van der Waals surface area contributed by atoms with Crippen LogP contribution in [0.3, 0.4) is 0 Å². The maximum atomic E-state index is 3.53. The predicted octanol–water partition coefficient (Wildman–Crippen LogP) is 2.83. The first-order chi connectivity index (χ1) is 10.3. The quantitative estimate of drug-likeness (QED) is 0.360.